The largest absolute Gasteiger partial charge is 1.00 e. The predicted molar refractivity (Wildman–Crippen MR) is 70.2 cm³/mol. The van der Waals surface area contributed by atoms with Gasteiger partial charge in [0, 0.05) is 18.9 Å². The van der Waals surface area contributed by atoms with Crippen LogP contribution < -0.4 is 24.0 Å². The molecule has 1 N–H and O–H groups in total. The second-order valence-corrected chi connectivity index (χ2v) is 5.31. The Morgan fingerprint density at radius 3 is 2.89 bits per heavy atom. The van der Waals surface area contributed by atoms with E-state index < -0.39 is 5.72 Å². The van der Waals surface area contributed by atoms with Crippen molar-refractivity contribution >= 4 is 5.84 Å². The maximum absolute atomic E-state index is 10.7. The van der Waals surface area contributed by atoms with Crippen molar-refractivity contribution in [2.24, 2.45) is 0 Å². The highest BCUT2D eigenvalue weighted by molar-refractivity contribution is 5.92. The Hall–Kier alpha value is -0.100. The molecule has 0 aliphatic carbocycles. The lowest BCUT2D eigenvalue weighted by atomic mass is 10.0. The van der Waals surface area contributed by atoms with Crippen molar-refractivity contribution in [3.63, 3.8) is 0 Å². The van der Waals surface area contributed by atoms with E-state index in [0.717, 1.165) is 32.4 Å². The minimum atomic E-state index is -0.711. The Bertz CT molecular complexity index is 341. The summed E-state index contributed by atoms with van der Waals surface area (Å²) in [6.07, 6.45) is 10.9. The van der Waals surface area contributed by atoms with Crippen molar-refractivity contribution in [1.29, 1.82) is 0 Å². The Balaban J connectivity index is 0.00000162. The molecule has 2 aliphatic heterocycles. The molecule has 0 aromatic rings. The fourth-order valence-electron chi connectivity index (χ4n) is 2.84. The molecular formula is C14H25IN2O. The first kappa shape index (κ1) is 16.0. The van der Waals surface area contributed by atoms with Gasteiger partial charge in [0.2, 0.25) is 5.72 Å². The molecule has 0 bridgehead atoms. The van der Waals surface area contributed by atoms with Crippen LogP contribution in [0.1, 0.15) is 45.4 Å². The minimum Gasteiger partial charge on any atom is -1.00 e. The number of fused-ring (bicyclic) bond motifs is 1. The van der Waals surface area contributed by atoms with Crippen molar-refractivity contribution in [3.8, 4) is 0 Å². The van der Waals surface area contributed by atoms with Crippen molar-refractivity contribution in [2.45, 2.75) is 51.2 Å². The lowest BCUT2D eigenvalue weighted by Crippen LogP contribution is -3.00. The van der Waals surface area contributed by atoms with Gasteiger partial charge in [-0.2, -0.15) is 0 Å². The van der Waals surface area contributed by atoms with Crippen LogP contribution in [0.25, 0.3) is 0 Å². The van der Waals surface area contributed by atoms with E-state index in [1.165, 1.54) is 25.1 Å². The van der Waals surface area contributed by atoms with Crippen LogP contribution in [0, 0.1) is 0 Å². The quantitative estimate of drug-likeness (QED) is 0.384. The monoisotopic (exact) mass is 364 g/mol. The smallest absolute Gasteiger partial charge is 0.274 e. The van der Waals surface area contributed by atoms with Gasteiger partial charge in [-0.25, -0.2) is 4.90 Å². The summed E-state index contributed by atoms with van der Waals surface area (Å²) < 4.78 is 2.24. The molecule has 0 fully saturated rings. The lowest BCUT2D eigenvalue weighted by Gasteiger charge is -2.31. The normalized spacial score (nSPS) is 26.3. The molecule has 0 aromatic heterocycles. The fourth-order valence-corrected chi connectivity index (χ4v) is 2.84. The van der Waals surface area contributed by atoms with Gasteiger partial charge in [-0.3, -0.25) is 4.58 Å². The molecule has 2 aliphatic rings. The van der Waals surface area contributed by atoms with Gasteiger partial charge in [0.1, 0.15) is 0 Å². The maximum Gasteiger partial charge on any atom is 0.274 e. The fraction of sp³-hybridized carbons (Fsp3) is 0.786. The molecule has 18 heavy (non-hydrogen) atoms. The van der Waals surface area contributed by atoms with Crippen LogP contribution in [-0.2, 0) is 0 Å². The zero-order valence-electron chi connectivity index (χ0n) is 11.5. The van der Waals surface area contributed by atoms with Crippen LogP contribution in [0.4, 0.5) is 0 Å². The Morgan fingerprint density at radius 1 is 1.39 bits per heavy atom. The van der Waals surface area contributed by atoms with Gasteiger partial charge >= 0.3 is 0 Å². The van der Waals surface area contributed by atoms with E-state index in [1.807, 2.05) is 6.08 Å². The van der Waals surface area contributed by atoms with Crippen LogP contribution in [0.5, 0.6) is 0 Å². The maximum atomic E-state index is 10.7. The van der Waals surface area contributed by atoms with Gasteiger partial charge < -0.3 is 29.1 Å². The predicted octanol–water partition coefficient (Wildman–Crippen LogP) is -1.03. The molecule has 2 rings (SSSR count). The molecule has 1 atom stereocenters. The van der Waals surface area contributed by atoms with Gasteiger partial charge in [-0.15, -0.1) is 0 Å². The van der Waals surface area contributed by atoms with Gasteiger partial charge in [0.05, 0.1) is 20.1 Å². The molecular weight excluding hydrogens is 339 g/mol. The third-order valence-corrected chi connectivity index (χ3v) is 3.91. The molecule has 0 spiro atoms. The molecule has 1 unspecified atom stereocenters. The molecule has 0 saturated heterocycles. The number of aliphatic hydroxyl groups is 1. The summed E-state index contributed by atoms with van der Waals surface area (Å²) in [4.78, 5) is 2.17. The summed E-state index contributed by atoms with van der Waals surface area (Å²) in [5.41, 5.74) is -0.711. The van der Waals surface area contributed by atoms with E-state index in [2.05, 4.69) is 29.5 Å². The van der Waals surface area contributed by atoms with Crippen LogP contribution in [0.3, 0.4) is 0 Å². The number of hydrogen-bond acceptors (Lipinski definition) is 2. The minimum absolute atomic E-state index is 0. The summed E-state index contributed by atoms with van der Waals surface area (Å²) in [6, 6.07) is 0. The van der Waals surface area contributed by atoms with Crippen LogP contribution in [-0.4, -0.2) is 46.3 Å². The topological polar surface area (TPSA) is 26.5 Å². The van der Waals surface area contributed by atoms with Crippen molar-refractivity contribution in [2.75, 3.05) is 20.1 Å². The summed E-state index contributed by atoms with van der Waals surface area (Å²) in [5.74, 6) is 1.19. The highest BCUT2D eigenvalue weighted by Gasteiger charge is 2.45. The first-order chi connectivity index (χ1) is 8.17. The molecule has 0 aromatic carbocycles. The highest BCUT2D eigenvalue weighted by Crippen LogP contribution is 2.29. The van der Waals surface area contributed by atoms with E-state index in [4.69, 9.17) is 0 Å². The average Bonchev–Trinajstić information content (AvgIpc) is 2.65. The van der Waals surface area contributed by atoms with Crippen LogP contribution in [0.15, 0.2) is 12.2 Å². The SMILES string of the molecule is CCCCCCC1(O)C=CC2=[N+](C)CCCN21.[I-]. The van der Waals surface area contributed by atoms with Crippen molar-refractivity contribution < 1.29 is 33.7 Å². The third kappa shape index (κ3) is 3.26. The van der Waals surface area contributed by atoms with Gasteiger partial charge in [-0.05, 0) is 12.5 Å². The summed E-state index contributed by atoms with van der Waals surface area (Å²) in [5, 5.41) is 10.7. The second-order valence-electron chi connectivity index (χ2n) is 5.31. The molecule has 4 heteroatoms. The van der Waals surface area contributed by atoms with Gasteiger partial charge in [-0.1, -0.05) is 26.2 Å². The molecule has 0 amide bonds. The molecule has 2 heterocycles. The Kier molecular flexibility index (Phi) is 6.11. The van der Waals surface area contributed by atoms with E-state index in [-0.39, 0.29) is 24.0 Å². The third-order valence-electron chi connectivity index (χ3n) is 3.91. The summed E-state index contributed by atoms with van der Waals surface area (Å²) in [6.45, 7) is 4.30. The van der Waals surface area contributed by atoms with Crippen LogP contribution in [0.2, 0.25) is 0 Å². The average molecular weight is 364 g/mol. The summed E-state index contributed by atoms with van der Waals surface area (Å²) >= 11 is 0. The lowest BCUT2D eigenvalue weighted by molar-refractivity contribution is -0.509. The van der Waals surface area contributed by atoms with E-state index in [0.29, 0.717) is 0 Å². The zero-order valence-corrected chi connectivity index (χ0v) is 13.7. The Labute approximate surface area is 128 Å². The number of halogens is 1. The van der Waals surface area contributed by atoms with Crippen LogP contribution >= 0.6 is 0 Å². The van der Waals surface area contributed by atoms with E-state index in [9.17, 15) is 5.11 Å². The van der Waals surface area contributed by atoms with E-state index in [1.54, 1.807) is 0 Å². The number of amidine groups is 1. The standard InChI is InChI=1S/C14H25N2O.HI/c1-3-4-5-6-9-14(17)10-8-13-15(2)11-7-12-16(13)14;/h8,10,17H,3-7,9,11-12H2,1-2H3;1H/q+1;/p-1. The highest BCUT2D eigenvalue weighted by atomic mass is 127. The second kappa shape index (κ2) is 6.89. The first-order valence-corrected chi connectivity index (χ1v) is 6.95. The number of rotatable bonds is 5. The molecule has 0 radical (unpaired) electrons. The summed E-state index contributed by atoms with van der Waals surface area (Å²) in [7, 11) is 2.11. The van der Waals surface area contributed by atoms with E-state index >= 15 is 0 Å². The number of nitrogens with zero attached hydrogens (tertiary/aromatic N) is 2. The van der Waals surface area contributed by atoms with Gasteiger partial charge in [0.15, 0.2) is 0 Å². The molecule has 104 valence electrons. The van der Waals surface area contributed by atoms with Gasteiger partial charge in [0.25, 0.3) is 5.84 Å². The molecule has 3 nitrogen and oxygen atoms in total. The molecule has 0 saturated carbocycles. The number of hydrogen-bond donors (Lipinski definition) is 1. The van der Waals surface area contributed by atoms with Crippen molar-refractivity contribution in [3.05, 3.63) is 12.2 Å². The first-order valence-electron chi connectivity index (χ1n) is 6.95. The Morgan fingerprint density at radius 2 is 2.17 bits per heavy atom. The zero-order chi connectivity index (χ0) is 12.3. The number of unbranched alkanes of at least 4 members (excludes halogenated alkanes) is 3. The van der Waals surface area contributed by atoms with Crippen molar-refractivity contribution in [1.82, 2.24) is 4.90 Å².